The molecule has 1 aliphatic rings. The molecule has 0 amide bonds. The zero-order valence-corrected chi connectivity index (χ0v) is 14.5. The molecule has 3 heterocycles. The van der Waals surface area contributed by atoms with Gasteiger partial charge in [-0.3, -0.25) is 4.98 Å². The standard InChI is InChI=1S/C16H13N3O4S2/c20-25(21,12-3-4-14-15(6-12)23-10-22-14)18-8-16-19-13(9-24-16)11-2-1-5-17-7-11/h1-7,9,18H,8,10H2. The summed E-state index contributed by atoms with van der Waals surface area (Å²) in [6, 6.07) is 8.26. The molecule has 1 N–H and O–H groups in total. The number of sulfonamides is 1. The molecule has 0 saturated carbocycles. The van der Waals surface area contributed by atoms with Crippen molar-refractivity contribution in [3.8, 4) is 22.8 Å². The highest BCUT2D eigenvalue weighted by molar-refractivity contribution is 7.89. The molecular formula is C16H13N3O4S2. The number of rotatable bonds is 5. The van der Waals surface area contributed by atoms with Crippen LogP contribution in [0.3, 0.4) is 0 Å². The number of aromatic nitrogens is 2. The molecule has 0 spiro atoms. The monoisotopic (exact) mass is 375 g/mol. The Balaban J connectivity index is 1.48. The molecule has 4 rings (SSSR count). The summed E-state index contributed by atoms with van der Waals surface area (Å²) in [6.07, 6.45) is 3.41. The Morgan fingerprint density at radius 2 is 2.08 bits per heavy atom. The van der Waals surface area contributed by atoms with E-state index in [9.17, 15) is 8.42 Å². The van der Waals surface area contributed by atoms with Gasteiger partial charge in [-0.25, -0.2) is 18.1 Å². The smallest absolute Gasteiger partial charge is 0.241 e. The van der Waals surface area contributed by atoms with Crippen LogP contribution in [0.4, 0.5) is 0 Å². The van der Waals surface area contributed by atoms with Gasteiger partial charge < -0.3 is 9.47 Å². The predicted octanol–water partition coefficient (Wildman–Crippen LogP) is 2.41. The van der Waals surface area contributed by atoms with Crippen LogP contribution in [0, 0.1) is 0 Å². The molecular weight excluding hydrogens is 362 g/mol. The average molecular weight is 375 g/mol. The zero-order chi connectivity index (χ0) is 17.3. The van der Waals surface area contributed by atoms with Crippen LogP contribution in [0.5, 0.6) is 11.5 Å². The lowest BCUT2D eigenvalue weighted by atomic mass is 10.2. The Bertz CT molecular complexity index is 1000. The van der Waals surface area contributed by atoms with Crippen molar-refractivity contribution < 1.29 is 17.9 Å². The van der Waals surface area contributed by atoms with Crippen LogP contribution in [0.25, 0.3) is 11.3 Å². The van der Waals surface area contributed by atoms with Gasteiger partial charge in [-0.05, 0) is 24.3 Å². The molecule has 0 saturated heterocycles. The molecule has 0 atom stereocenters. The Kier molecular flexibility index (Phi) is 4.12. The fourth-order valence-electron chi connectivity index (χ4n) is 2.32. The molecule has 0 fully saturated rings. The van der Waals surface area contributed by atoms with Crippen molar-refractivity contribution in [3.63, 3.8) is 0 Å². The van der Waals surface area contributed by atoms with E-state index in [0.717, 1.165) is 11.3 Å². The number of benzene rings is 1. The third-order valence-corrected chi connectivity index (χ3v) is 5.82. The minimum atomic E-state index is -3.67. The third kappa shape index (κ3) is 3.34. The highest BCUT2D eigenvalue weighted by atomic mass is 32.2. The van der Waals surface area contributed by atoms with Crippen molar-refractivity contribution in [1.29, 1.82) is 0 Å². The van der Waals surface area contributed by atoms with Crippen LogP contribution in [-0.2, 0) is 16.6 Å². The first-order valence-corrected chi connectivity index (χ1v) is 9.72. The van der Waals surface area contributed by atoms with Crippen LogP contribution in [0.15, 0.2) is 53.0 Å². The molecule has 3 aromatic rings. The summed E-state index contributed by atoms with van der Waals surface area (Å²) in [5.41, 5.74) is 1.67. The van der Waals surface area contributed by atoms with Crippen molar-refractivity contribution in [3.05, 3.63) is 53.1 Å². The molecule has 1 aromatic carbocycles. The number of nitrogens with one attached hydrogen (secondary N) is 1. The van der Waals surface area contributed by atoms with Gasteiger partial charge in [-0.15, -0.1) is 11.3 Å². The fraction of sp³-hybridized carbons (Fsp3) is 0.125. The second kappa shape index (κ2) is 6.43. The molecule has 1 aliphatic heterocycles. The van der Waals surface area contributed by atoms with E-state index < -0.39 is 10.0 Å². The quantitative estimate of drug-likeness (QED) is 0.736. The minimum Gasteiger partial charge on any atom is -0.454 e. The Hall–Kier alpha value is -2.49. The highest BCUT2D eigenvalue weighted by Gasteiger charge is 2.20. The minimum absolute atomic E-state index is 0.0997. The number of hydrogen-bond acceptors (Lipinski definition) is 7. The lowest BCUT2D eigenvalue weighted by Gasteiger charge is -2.06. The highest BCUT2D eigenvalue weighted by Crippen LogP contribution is 2.33. The van der Waals surface area contributed by atoms with Gasteiger partial charge >= 0.3 is 0 Å². The molecule has 0 bridgehead atoms. The summed E-state index contributed by atoms with van der Waals surface area (Å²) in [7, 11) is -3.67. The third-order valence-electron chi connectivity index (χ3n) is 3.58. The van der Waals surface area contributed by atoms with Gasteiger partial charge in [0.1, 0.15) is 5.01 Å². The van der Waals surface area contributed by atoms with Crippen LogP contribution >= 0.6 is 11.3 Å². The molecule has 7 nitrogen and oxygen atoms in total. The van der Waals surface area contributed by atoms with Crippen molar-refractivity contribution in [2.45, 2.75) is 11.4 Å². The van der Waals surface area contributed by atoms with Crippen molar-refractivity contribution >= 4 is 21.4 Å². The number of fused-ring (bicyclic) bond motifs is 1. The van der Waals surface area contributed by atoms with Crippen LogP contribution in [-0.4, -0.2) is 25.2 Å². The van der Waals surface area contributed by atoms with Gasteiger partial charge in [0.05, 0.1) is 17.1 Å². The van der Waals surface area contributed by atoms with E-state index in [1.165, 1.54) is 23.5 Å². The summed E-state index contributed by atoms with van der Waals surface area (Å²) in [6.45, 7) is 0.213. The largest absolute Gasteiger partial charge is 0.454 e. The second-order valence-electron chi connectivity index (χ2n) is 5.21. The maximum Gasteiger partial charge on any atom is 0.241 e. The molecule has 25 heavy (non-hydrogen) atoms. The normalized spacial score (nSPS) is 13.1. The second-order valence-corrected chi connectivity index (χ2v) is 7.92. The first-order chi connectivity index (χ1) is 12.1. The topological polar surface area (TPSA) is 90.4 Å². The first kappa shape index (κ1) is 16.0. The Morgan fingerprint density at radius 3 is 2.92 bits per heavy atom. The van der Waals surface area contributed by atoms with Gasteiger partial charge in [0, 0.05) is 29.4 Å². The first-order valence-electron chi connectivity index (χ1n) is 7.36. The van der Waals surface area contributed by atoms with Gasteiger partial charge in [0.2, 0.25) is 16.8 Å². The van der Waals surface area contributed by atoms with E-state index in [4.69, 9.17) is 9.47 Å². The van der Waals surface area contributed by atoms with E-state index >= 15 is 0 Å². The lowest BCUT2D eigenvalue weighted by molar-refractivity contribution is 0.174. The number of ether oxygens (including phenoxy) is 2. The average Bonchev–Trinajstić information content (AvgIpc) is 3.29. The number of thiazole rings is 1. The Morgan fingerprint density at radius 1 is 1.20 bits per heavy atom. The summed E-state index contributed by atoms with van der Waals surface area (Å²) in [4.78, 5) is 8.62. The van der Waals surface area contributed by atoms with Gasteiger partial charge in [0.15, 0.2) is 11.5 Å². The molecule has 128 valence electrons. The maximum atomic E-state index is 12.4. The van der Waals surface area contributed by atoms with Gasteiger partial charge in [-0.1, -0.05) is 0 Å². The van der Waals surface area contributed by atoms with Crippen LogP contribution in [0.1, 0.15) is 5.01 Å². The van der Waals surface area contributed by atoms with Crippen LogP contribution < -0.4 is 14.2 Å². The van der Waals surface area contributed by atoms with Crippen molar-refractivity contribution in [2.24, 2.45) is 0 Å². The van der Waals surface area contributed by atoms with Gasteiger partial charge in [0.25, 0.3) is 0 Å². The molecule has 9 heteroatoms. The number of hydrogen-bond donors (Lipinski definition) is 1. The zero-order valence-electron chi connectivity index (χ0n) is 12.9. The SMILES string of the molecule is O=S(=O)(NCc1nc(-c2cccnc2)cs1)c1ccc2c(c1)OCO2. The van der Waals surface area contributed by atoms with E-state index in [0.29, 0.717) is 16.5 Å². The number of nitrogens with zero attached hydrogens (tertiary/aromatic N) is 2. The fourth-order valence-corrected chi connectivity index (χ4v) is 4.16. The maximum absolute atomic E-state index is 12.4. The van der Waals surface area contributed by atoms with Crippen molar-refractivity contribution in [2.75, 3.05) is 6.79 Å². The van der Waals surface area contributed by atoms with Crippen LogP contribution in [0.2, 0.25) is 0 Å². The summed E-state index contributed by atoms with van der Waals surface area (Å²) in [5.74, 6) is 0.968. The lowest BCUT2D eigenvalue weighted by Crippen LogP contribution is -2.23. The summed E-state index contributed by atoms with van der Waals surface area (Å²) >= 11 is 1.39. The van der Waals surface area contributed by atoms with Gasteiger partial charge in [-0.2, -0.15) is 0 Å². The molecule has 0 radical (unpaired) electrons. The summed E-state index contributed by atoms with van der Waals surface area (Å²) < 4.78 is 37.8. The van der Waals surface area contributed by atoms with E-state index in [1.807, 2.05) is 17.5 Å². The van der Waals surface area contributed by atoms with E-state index in [1.54, 1.807) is 18.5 Å². The molecule has 0 aliphatic carbocycles. The van der Waals surface area contributed by atoms with E-state index in [2.05, 4.69) is 14.7 Å². The number of pyridine rings is 1. The summed E-state index contributed by atoms with van der Waals surface area (Å²) in [5, 5.41) is 2.55. The van der Waals surface area contributed by atoms with Crippen molar-refractivity contribution in [1.82, 2.24) is 14.7 Å². The Labute approximate surface area is 148 Å². The molecule has 0 unspecified atom stereocenters. The van der Waals surface area contributed by atoms with E-state index in [-0.39, 0.29) is 18.2 Å². The molecule has 2 aromatic heterocycles. The predicted molar refractivity (Wildman–Crippen MR) is 91.9 cm³/mol.